The molecule has 2 nitrogen and oxygen atoms in total. The number of rotatable bonds is 4. The molecule has 0 saturated heterocycles. The quantitative estimate of drug-likeness (QED) is 0.519. The smallest absolute Gasteiger partial charge is 0.175 e. The Bertz CT molecular complexity index is 798. The van der Waals surface area contributed by atoms with Crippen LogP contribution in [-0.2, 0) is 0 Å². The standard InChI is InChI=1S/C16H11BrFNOS/c17-10-4-6-11(7-5-10)21-9-15(20)13-8-19-16-12(13)2-1-3-14(16)18/h1-8,19H,9H2. The van der Waals surface area contributed by atoms with Crippen LogP contribution in [0.25, 0.3) is 10.9 Å². The first kappa shape index (κ1) is 14.4. The van der Waals surface area contributed by atoms with Gasteiger partial charge in [0.05, 0.1) is 11.3 Å². The van der Waals surface area contributed by atoms with Crippen molar-refractivity contribution in [2.24, 2.45) is 0 Å². The average Bonchev–Trinajstić information content (AvgIpc) is 2.92. The zero-order valence-corrected chi connectivity index (χ0v) is 13.3. The number of aromatic nitrogens is 1. The van der Waals surface area contributed by atoms with Crippen LogP contribution in [-0.4, -0.2) is 16.5 Å². The van der Waals surface area contributed by atoms with Gasteiger partial charge >= 0.3 is 0 Å². The van der Waals surface area contributed by atoms with Gasteiger partial charge in [0.25, 0.3) is 0 Å². The van der Waals surface area contributed by atoms with Gasteiger partial charge in [-0.05, 0) is 30.3 Å². The first-order chi connectivity index (χ1) is 10.1. The molecule has 0 bridgehead atoms. The monoisotopic (exact) mass is 363 g/mol. The van der Waals surface area contributed by atoms with Gasteiger partial charge in [-0.2, -0.15) is 0 Å². The Kier molecular flexibility index (Phi) is 4.12. The van der Waals surface area contributed by atoms with Crippen LogP contribution in [0.4, 0.5) is 4.39 Å². The van der Waals surface area contributed by atoms with Gasteiger partial charge in [0.2, 0.25) is 0 Å². The molecule has 0 fully saturated rings. The summed E-state index contributed by atoms with van der Waals surface area (Å²) in [5.41, 5.74) is 0.920. The van der Waals surface area contributed by atoms with Crippen LogP contribution in [0.15, 0.2) is 58.0 Å². The molecule has 5 heteroatoms. The molecule has 21 heavy (non-hydrogen) atoms. The molecule has 1 heterocycles. The molecule has 1 aromatic heterocycles. The Labute approximate surface area is 133 Å². The molecule has 0 aliphatic heterocycles. The summed E-state index contributed by atoms with van der Waals surface area (Å²) in [6, 6.07) is 12.5. The van der Waals surface area contributed by atoms with Crippen molar-refractivity contribution in [2.75, 3.05) is 5.75 Å². The highest BCUT2D eigenvalue weighted by atomic mass is 79.9. The molecular weight excluding hydrogens is 353 g/mol. The summed E-state index contributed by atoms with van der Waals surface area (Å²) < 4.78 is 14.6. The number of fused-ring (bicyclic) bond motifs is 1. The van der Waals surface area contributed by atoms with E-state index in [9.17, 15) is 9.18 Å². The maximum absolute atomic E-state index is 13.6. The van der Waals surface area contributed by atoms with Crippen LogP contribution in [0.3, 0.4) is 0 Å². The fourth-order valence-electron chi connectivity index (χ4n) is 2.11. The van der Waals surface area contributed by atoms with Gasteiger partial charge in [-0.25, -0.2) is 4.39 Å². The van der Waals surface area contributed by atoms with Crippen molar-refractivity contribution in [1.82, 2.24) is 4.98 Å². The fraction of sp³-hybridized carbons (Fsp3) is 0.0625. The highest BCUT2D eigenvalue weighted by Crippen LogP contribution is 2.25. The van der Waals surface area contributed by atoms with Crippen molar-refractivity contribution in [1.29, 1.82) is 0 Å². The molecule has 1 N–H and O–H groups in total. The van der Waals surface area contributed by atoms with Gasteiger partial charge in [0.15, 0.2) is 5.78 Å². The Morgan fingerprint density at radius 3 is 2.71 bits per heavy atom. The molecule has 3 rings (SSSR count). The van der Waals surface area contributed by atoms with E-state index in [0.717, 1.165) is 9.37 Å². The molecule has 0 aliphatic carbocycles. The number of H-pyrrole nitrogens is 1. The number of nitrogens with one attached hydrogen (secondary N) is 1. The van der Waals surface area contributed by atoms with E-state index in [4.69, 9.17) is 0 Å². The van der Waals surface area contributed by atoms with Gasteiger partial charge in [-0.15, -0.1) is 11.8 Å². The minimum atomic E-state index is -0.341. The highest BCUT2D eigenvalue weighted by molar-refractivity contribution is 9.10. The summed E-state index contributed by atoms with van der Waals surface area (Å²) >= 11 is 4.85. The van der Waals surface area contributed by atoms with Gasteiger partial charge < -0.3 is 4.98 Å². The molecule has 0 aliphatic rings. The number of carbonyl (C=O) groups is 1. The van der Waals surface area contributed by atoms with Crippen molar-refractivity contribution >= 4 is 44.4 Å². The third kappa shape index (κ3) is 3.04. The average molecular weight is 364 g/mol. The van der Waals surface area contributed by atoms with Crippen LogP contribution in [0.1, 0.15) is 10.4 Å². The molecule has 0 unspecified atom stereocenters. The SMILES string of the molecule is O=C(CSc1ccc(Br)cc1)c1c[nH]c2c(F)cccc12. The minimum absolute atomic E-state index is 0.0141. The summed E-state index contributed by atoms with van der Waals surface area (Å²) in [6.07, 6.45) is 1.58. The van der Waals surface area contributed by atoms with Crippen LogP contribution in [0.2, 0.25) is 0 Å². The number of Topliss-reactive ketones (excluding diaryl/α,β-unsaturated/α-hetero) is 1. The van der Waals surface area contributed by atoms with E-state index in [0.29, 0.717) is 22.2 Å². The van der Waals surface area contributed by atoms with E-state index in [1.807, 2.05) is 24.3 Å². The number of para-hydroxylation sites is 1. The maximum Gasteiger partial charge on any atom is 0.175 e. The van der Waals surface area contributed by atoms with Crippen molar-refractivity contribution in [3.05, 3.63) is 64.5 Å². The molecule has 0 amide bonds. The number of halogens is 2. The second-order valence-electron chi connectivity index (χ2n) is 4.53. The zero-order valence-electron chi connectivity index (χ0n) is 10.9. The van der Waals surface area contributed by atoms with E-state index in [-0.39, 0.29) is 11.6 Å². The largest absolute Gasteiger partial charge is 0.358 e. The molecule has 0 spiro atoms. The van der Waals surface area contributed by atoms with Gasteiger partial charge in [0.1, 0.15) is 5.82 Å². The lowest BCUT2D eigenvalue weighted by Crippen LogP contribution is -2.01. The van der Waals surface area contributed by atoms with Crippen molar-refractivity contribution in [2.45, 2.75) is 4.90 Å². The lowest BCUT2D eigenvalue weighted by molar-refractivity contribution is 0.102. The summed E-state index contributed by atoms with van der Waals surface area (Å²) in [6.45, 7) is 0. The highest BCUT2D eigenvalue weighted by Gasteiger charge is 2.14. The number of hydrogen-bond donors (Lipinski definition) is 1. The lowest BCUT2D eigenvalue weighted by atomic mass is 10.1. The Morgan fingerprint density at radius 1 is 1.19 bits per heavy atom. The summed E-state index contributed by atoms with van der Waals surface area (Å²) in [5, 5.41) is 0.636. The number of benzene rings is 2. The summed E-state index contributed by atoms with van der Waals surface area (Å²) in [7, 11) is 0. The number of carbonyl (C=O) groups excluding carboxylic acids is 1. The number of ketones is 1. The first-order valence-corrected chi connectivity index (χ1v) is 8.10. The second kappa shape index (κ2) is 6.03. The normalized spacial score (nSPS) is 11.0. The maximum atomic E-state index is 13.6. The Hall–Kier alpha value is -1.59. The third-order valence-corrected chi connectivity index (χ3v) is 4.69. The Morgan fingerprint density at radius 2 is 1.95 bits per heavy atom. The number of hydrogen-bond acceptors (Lipinski definition) is 2. The van der Waals surface area contributed by atoms with E-state index < -0.39 is 0 Å². The van der Waals surface area contributed by atoms with E-state index in [1.54, 1.807) is 18.3 Å². The molecule has 2 aromatic carbocycles. The molecule has 0 radical (unpaired) electrons. The van der Waals surface area contributed by atoms with Crippen LogP contribution in [0, 0.1) is 5.82 Å². The van der Waals surface area contributed by atoms with E-state index >= 15 is 0 Å². The zero-order chi connectivity index (χ0) is 14.8. The lowest BCUT2D eigenvalue weighted by Gasteiger charge is -2.01. The predicted octanol–water partition coefficient (Wildman–Crippen LogP) is 5.04. The third-order valence-electron chi connectivity index (χ3n) is 3.15. The second-order valence-corrected chi connectivity index (χ2v) is 6.49. The van der Waals surface area contributed by atoms with Crippen LogP contribution < -0.4 is 0 Å². The Balaban J connectivity index is 1.78. The molecule has 106 valence electrons. The molecular formula is C16H11BrFNOS. The minimum Gasteiger partial charge on any atom is -0.358 e. The summed E-state index contributed by atoms with van der Waals surface area (Å²) in [5.74, 6) is -0.0302. The van der Waals surface area contributed by atoms with Crippen LogP contribution in [0.5, 0.6) is 0 Å². The molecule has 0 atom stereocenters. The summed E-state index contributed by atoms with van der Waals surface area (Å²) in [4.78, 5) is 16.2. The fourth-order valence-corrected chi connectivity index (χ4v) is 3.15. The number of aromatic amines is 1. The van der Waals surface area contributed by atoms with Crippen molar-refractivity contribution in [3.63, 3.8) is 0 Å². The number of thioether (sulfide) groups is 1. The molecule has 3 aromatic rings. The van der Waals surface area contributed by atoms with Gasteiger partial charge in [-0.3, -0.25) is 4.79 Å². The van der Waals surface area contributed by atoms with E-state index in [2.05, 4.69) is 20.9 Å². The van der Waals surface area contributed by atoms with Crippen molar-refractivity contribution in [3.8, 4) is 0 Å². The van der Waals surface area contributed by atoms with Crippen molar-refractivity contribution < 1.29 is 9.18 Å². The first-order valence-electron chi connectivity index (χ1n) is 6.32. The van der Waals surface area contributed by atoms with Gasteiger partial charge in [0, 0.05) is 26.5 Å². The topological polar surface area (TPSA) is 32.9 Å². The van der Waals surface area contributed by atoms with Gasteiger partial charge in [-0.1, -0.05) is 28.1 Å². The van der Waals surface area contributed by atoms with E-state index in [1.165, 1.54) is 17.8 Å². The van der Waals surface area contributed by atoms with Crippen LogP contribution >= 0.6 is 27.7 Å². The molecule has 0 saturated carbocycles. The predicted molar refractivity (Wildman–Crippen MR) is 87.5 cm³/mol.